The first-order valence-electron chi connectivity index (χ1n) is 19.6. The first-order chi connectivity index (χ1) is 27.7. The van der Waals surface area contributed by atoms with E-state index in [4.69, 9.17) is 65.4 Å². The number of aliphatic hydroxyl groups is 2. The summed E-state index contributed by atoms with van der Waals surface area (Å²) in [4.78, 5) is 65.4. The average molecular weight is 921 g/mol. The molecule has 0 aliphatic carbocycles. The SMILES string of the molecule is C.C=C(C)C(=O)Cl.C=C(C)C(=O)OCCOCCCC(=O)OC(C)(C)C.CC(C)(C)OC(=O)CCCOCCO.CC(C)(C)OC(=O)OC(=O)OC(C)(C)C.NCCOCCO. The van der Waals surface area contributed by atoms with E-state index in [-0.39, 0.29) is 39.2 Å². The topological polar surface area (TPSA) is 252 Å². The fourth-order valence-electron chi connectivity index (χ4n) is 2.87. The van der Waals surface area contributed by atoms with Gasteiger partial charge in [-0.3, -0.25) is 14.4 Å². The predicted molar refractivity (Wildman–Crippen MR) is 238 cm³/mol. The minimum absolute atomic E-state index is 0. The fourth-order valence-corrected chi connectivity index (χ4v) is 2.87. The van der Waals surface area contributed by atoms with E-state index in [0.29, 0.717) is 83.0 Å². The van der Waals surface area contributed by atoms with Gasteiger partial charge in [0.15, 0.2) is 0 Å². The van der Waals surface area contributed by atoms with Crippen LogP contribution in [0.4, 0.5) is 9.59 Å². The third-order valence-corrected chi connectivity index (χ3v) is 5.33. The molecule has 0 saturated heterocycles. The second kappa shape index (κ2) is 40.1. The third-order valence-electron chi connectivity index (χ3n) is 5.00. The van der Waals surface area contributed by atoms with E-state index in [0.717, 1.165) is 0 Å². The molecule has 0 aromatic carbocycles. The standard InChI is InChI=1S/C14H24O5.C10H18O5.C10H20O4.C4H5ClO.C4H11NO2.CH4/c1-11(2)13(16)18-10-9-17-8-6-7-12(15)19-14(3,4)5;1-9(2,3)14-7(11)13-8(12)15-10(4,5)6;1-10(2,3)14-9(12)5-4-7-13-8-6-11;1-3(2)4(5)6;5-1-3-7-4-2-6;/h1,6-10H2,2-5H3;1-6H3;11H,4-8H2,1-3H3;1H2,2H3;6H,1-5H2;1H4. The maximum Gasteiger partial charge on any atom is 0.519 e. The first-order valence-corrected chi connectivity index (χ1v) is 20.0. The molecule has 368 valence electrons. The number of esters is 3. The van der Waals surface area contributed by atoms with Crippen LogP contribution in [0.2, 0.25) is 0 Å². The second-order valence-corrected chi connectivity index (χ2v) is 16.8. The zero-order chi connectivity index (χ0) is 48.9. The molecule has 0 aromatic heterocycles. The molecule has 62 heavy (non-hydrogen) atoms. The Kier molecular flexibility index (Phi) is 45.3. The largest absolute Gasteiger partial charge is 0.519 e. The minimum Gasteiger partial charge on any atom is -0.460 e. The monoisotopic (exact) mass is 920 g/mol. The van der Waals surface area contributed by atoms with Gasteiger partial charge in [0.25, 0.3) is 0 Å². The second-order valence-electron chi connectivity index (χ2n) is 16.5. The van der Waals surface area contributed by atoms with Crippen molar-refractivity contribution in [2.45, 2.75) is 152 Å². The summed E-state index contributed by atoms with van der Waals surface area (Å²) in [5, 5.41) is 16.1. The number of hydrogen-bond acceptors (Lipinski definition) is 18. The number of aliphatic hydroxyl groups excluding tert-OH is 2. The average Bonchev–Trinajstić information content (AvgIpc) is 3.05. The van der Waals surface area contributed by atoms with E-state index in [1.165, 1.54) is 0 Å². The molecule has 0 aliphatic rings. The van der Waals surface area contributed by atoms with Crippen molar-refractivity contribution < 1.29 is 81.6 Å². The van der Waals surface area contributed by atoms with Crippen molar-refractivity contribution in [3.8, 4) is 0 Å². The third kappa shape index (κ3) is 70.9. The van der Waals surface area contributed by atoms with Crippen molar-refractivity contribution in [3.63, 3.8) is 0 Å². The molecule has 0 unspecified atom stereocenters. The zero-order valence-electron chi connectivity index (χ0n) is 39.3. The van der Waals surface area contributed by atoms with Crippen LogP contribution in [0.25, 0.3) is 0 Å². The van der Waals surface area contributed by atoms with E-state index in [9.17, 15) is 28.8 Å². The van der Waals surface area contributed by atoms with Crippen molar-refractivity contribution in [3.05, 3.63) is 24.3 Å². The van der Waals surface area contributed by atoms with Crippen LogP contribution in [-0.2, 0) is 61.8 Å². The summed E-state index contributed by atoms with van der Waals surface area (Å²) in [6, 6.07) is 0. The number of hydrogen-bond donors (Lipinski definition) is 3. The van der Waals surface area contributed by atoms with Crippen LogP contribution in [0, 0.1) is 0 Å². The summed E-state index contributed by atoms with van der Waals surface area (Å²) in [5.74, 6) is -0.854. The highest BCUT2D eigenvalue weighted by Crippen LogP contribution is 2.12. The van der Waals surface area contributed by atoms with Crippen LogP contribution >= 0.6 is 11.6 Å². The number of halogens is 1. The molecule has 0 saturated carbocycles. The number of ether oxygens (including phenoxy) is 9. The Bertz CT molecular complexity index is 1200. The maximum atomic E-state index is 11.4. The maximum absolute atomic E-state index is 11.4. The van der Waals surface area contributed by atoms with Crippen molar-refractivity contribution >= 4 is 47.1 Å². The Hall–Kier alpha value is -3.65. The number of allylic oxidation sites excluding steroid dienone is 1. The fraction of sp³-hybridized carbons (Fsp3) is 0.767. The highest BCUT2D eigenvalue weighted by atomic mass is 35.5. The molecule has 0 aromatic rings. The molecule has 18 nitrogen and oxygen atoms in total. The van der Waals surface area contributed by atoms with Crippen molar-refractivity contribution in [2.24, 2.45) is 5.73 Å². The molecule has 0 amide bonds. The van der Waals surface area contributed by atoms with Gasteiger partial charge in [0.05, 0.1) is 39.6 Å². The van der Waals surface area contributed by atoms with Gasteiger partial charge in [0.1, 0.15) is 29.0 Å². The Balaban J connectivity index is -0.000000166. The smallest absolute Gasteiger partial charge is 0.460 e. The highest BCUT2D eigenvalue weighted by molar-refractivity contribution is 6.67. The van der Waals surface area contributed by atoms with Crippen LogP contribution < -0.4 is 5.73 Å². The molecular formula is C43H82ClNO17. The van der Waals surface area contributed by atoms with Gasteiger partial charge in [-0.05, 0) is 121 Å². The van der Waals surface area contributed by atoms with E-state index < -0.39 is 45.9 Å². The number of nitrogens with two attached hydrogens (primary N) is 1. The van der Waals surface area contributed by atoms with Gasteiger partial charge in [-0.1, -0.05) is 20.6 Å². The molecule has 19 heteroatoms. The van der Waals surface area contributed by atoms with E-state index >= 15 is 0 Å². The summed E-state index contributed by atoms with van der Waals surface area (Å²) in [6.07, 6.45) is -0.211. The van der Waals surface area contributed by atoms with Gasteiger partial charge in [0, 0.05) is 43.7 Å². The molecule has 0 radical (unpaired) electrons. The van der Waals surface area contributed by atoms with Crippen LogP contribution in [0.3, 0.4) is 0 Å². The Morgan fingerprint density at radius 2 is 0.855 bits per heavy atom. The molecule has 0 spiro atoms. The number of rotatable bonds is 19. The highest BCUT2D eigenvalue weighted by Gasteiger charge is 2.24. The van der Waals surface area contributed by atoms with Gasteiger partial charge < -0.3 is 58.6 Å². The molecular weight excluding hydrogens is 838 g/mol. The molecule has 0 atom stereocenters. The van der Waals surface area contributed by atoms with Gasteiger partial charge >= 0.3 is 30.2 Å². The van der Waals surface area contributed by atoms with Crippen molar-refractivity contribution in [1.82, 2.24) is 0 Å². The lowest BCUT2D eigenvalue weighted by atomic mass is 10.2. The lowest BCUT2D eigenvalue weighted by Crippen LogP contribution is -2.29. The lowest BCUT2D eigenvalue weighted by Gasteiger charge is -2.20. The predicted octanol–water partition coefficient (Wildman–Crippen LogP) is 7.15. The summed E-state index contributed by atoms with van der Waals surface area (Å²) in [5.41, 5.74) is 3.56. The Labute approximate surface area is 376 Å². The van der Waals surface area contributed by atoms with Crippen LogP contribution in [-0.4, -0.2) is 134 Å². The summed E-state index contributed by atoms with van der Waals surface area (Å²) < 4.78 is 43.9. The van der Waals surface area contributed by atoms with Gasteiger partial charge in [-0.15, -0.1) is 0 Å². The van der Waals surface area contributed by atoms with Crippen molar-refractivity contribution in [2.75, 3.05) is 66.0 Å². The summed E-state index contributed by atoms with van der Waals surface area (Å²) >= 11 is 4.87. The Morgan fingerprint density at radius 3 is 1.13 bits per heavy atom. The zero-order valence-corrected chi connectivity index (χ0v) is 40.0. The molecule has 0 bridgehead atoms. The molecule has 0 rings (SSSR count). The molecule has 4 N–H and O–H groups in total. The number of carbonyl (C=O) groups excluding carboxylic acids is 6. The summed E-state index contributed by atoms with van der Waals surface area (Å²) in [6.45, 7) is 34.3. The molecule has 0 heterocycles. The van der Waals surface area contributed by atoms with E-state index in [1.807, 2.05) is 41.5 Å². The molecule has 0 aliphatic heterocycles. The number of carbonyl (C=O) groups is 6. The Morgan fingerprint density at radius 1 is 0.532 bits per heavy atom. The first kappa shape index (κ1) is 70.0. The van der Waals surface area contributed by atoms with Gasteiger partial charge in [-0.25, -0.2) is 14.4 Å². The lowest BCUT2D eigenvalue weighted by molar-refractivity contribution is -0.156. The van der Waals surface area contributed by atoms with Crippen LogP contribution in [0.15, 0.2) is 24.3 Å². The summed E-state index contributed by atoms with van der Waals surface area (Å²) in [7, 11) is 0. The van der Waals surface area contributed by atoms with Crippen LogP contribution in [0.5, 0.6) is 0 Å². The quantitative estimate of drug-likeness (QED) is 0.0290. The van der Waals surface area contributed by atoms with Gasteiger partial charge in [-0.2, -0.15) is 0 Å². The van der Waals surface area contributed by atoms with Crippen molar-refractivity contribution in [1.29, 1.82) is 0 Å². The molecule has 0 fully saturated rings. The van der Waals surface area contributed by atoms with Gasteiger partial charge in [0.2, 0.25) is 5.24 Å². The minimum atomic E-state index is -1.06. The van der Waals surface area contributed by atoms with Crippen LogP contribution in [0.1, 0.15) is 130 Å². The van der Waals surface area contributed by atoms with E-state index in [1.54, 1.807) is 55.4 Å². The normalized spacial score (nSPS) is 10.6. The van der Waals surface area contributed by atoms with E-state index in [2.05, 4.69) is 17.9 Å².